The minimum atomic E-state index is -3.50. The fourth-order valence-corrected chi connectivity index (χ4v) is 4.45. The second-order valence-corrected chi connectivity index (χ2v) is 9.60. The summed E-state index contributed by atoms with van der Waals surface area (Å²) in [5.74, 6) is 0. The third-order valence-corrected chi connectivity index (χ3v) is 6.44. The molecule has 0 heterocycles. The molecule has 0 aliphatic rings. The van der Waals surface area contributed by atoms with Crippen molar-refractivity contribution in [1.82, 2.24) is 9.62 Å². The van der Waals surface area contributed by atoms with E-state index in [1.807, 2.05) is 32.0 Å². The van der Waals surface area contributed by atoms with Gasteiger partial charge in [0.15, 0.2) is 0 Å². The van der Waals surface area contributed by atoms with Crippen molar-refractivity contribution in [1.29, 1.82) is 0 Å². The van der Waals surface area contributed by atoms with Crippen LogP contribution in [0.3, 0.4) is 0 Å². The normalized spacial score (nSPS) is 14.1. The van der Waals surface area contributed by atoms with Crippen molar-refractivity contribution >= 4 is 10.0 Å². The second-order valence-electron chi connectivity index (χ2n) is 7.92. The van der Waals surface area contributed by atoms with E-state index in [1.54, 1.807) is 0 Å². The smallest absolute Gasteiger partial charge is 0.241 e. The molecule has 1 rings (SSSR count). The molecule has 0 radical (unpaired) electrons. The summed E-state index contributed by atoms with van der Waals surface area (Å²) >= 11 is 0. The molecule has 0 aliphatic heterocycles. The van der Waals surface area contributed by atoms with Gasteiger partial charge in [0.2, 0.25) is 10.0 Å². The minimum absolute atomic E-state index is 0.0711. The van der Waals surface area contributed by atoms with Crippen molar-refractivity contribution in [2.45, 2.75) is 77.7 Å². The fraction of sp³-hybridized carbons (Fsp3) is 0.700. The van der Waals surface area contributed by atoms with E-state index in [0.29, 0.717) is 4.90 Å². The lowest BCUT2D eigenvalue weighted by molar-refractivity contribution is 0.293. The average molecular weight is 369 g/mol. The summed E-state index contributed by atoms with van der Waals surface area (Å²) < 4.78 is 28.5. The Morgan fingerprint density at radius 1 is 1.16 bits per heavy atom. The number of sulfonamides is 1. The van der Waals surface area contributed by atoms with E-state index in [2.05, 4.69) is 44.2 Å². The predicted octanol–water partition coefficient (Wildman–Crippen LogP) is 4.08. The lowest BCUT2D eigenvalue weighted by atomic mass is 9.87. The Labute approximate surface area is 155 Å². The zero-order chi connectivity index (χ0) is 19.3. The van der Waals surface area contributed by atoms with Gasteiger partial charge in [-0.1, -0.05) is 46.8 Å². The molecule has 1 aromatic rings. The van der Waals surface area contributed by atoms with E-state index in [-0.39, 0.29) is 11.5 Å². The molecule has 1 aromatic carbocycles. The Morgan fingerprint density at radius 3 is 2.28 bits per heavy atom. The highest BCUT2D eigenvalue weighted by atomic mass is 32.2. The van der Waals surface area contributed by atoms with E-state index in [1.165, 1.54) is 0 Å². The maximum absolute atomic E-state index is 12.8. The van der Waals surface area contributed by atoms with Gasteiger partial charge >= 0.3 is 0 Å². The minimum Gasteiger partial charge on any atom is -0.304 e. The molecule has 0 bridgehead atoms. The molecule has 4 nitrogen and oxygen atoms in total. The first-order valence-electron chi connectivity index (χ1n) is 9.37. The van der Waals surface area contributed by atoms with Gasteiger partial charge in [0, 0.05) is 6.04 Å². The fourth-order valence-electron chi connectivity index (χ4n) is 2.90. The maximum Gasteiger partial charge on any atom is 0.241 e. The first kappa shape index (κ1) is 22.1. The topological polar surface area (TPSA) is 49.4 Å². The second kappa shape index (κ2) is 9.15. The van der Waals surface area contributed by atoms with Crippen molar-refractivity contribution in [3.05, 3.63) is 29.3 Å². The van der Waals surface area contributed by atoms with E-state index < -0.39 is 10.0 Å². The Kier molecular flexibility index (Phi) is 8.10. The number of nitrogens with zero attached hydrogens (tertiary/aromatic N) is 1. The lowest BCUT2D eigenvalue weighted by Crippen LogP contribution is -2.34. The Bertz CT molecular complexity index is 644. The molecule has 144 valence electrons. The molecule has 1 N–H and O–H groups in total. The largest absolute Gasteiger partial charge is 0.304 e. The SMILES string of the molecule is CCN(CC)CCC[C@H](C)NS(=O)(=O)c1cc(C(C)(C)C)ccc1C. The molecule has 0 fully saturated rings. The Morgan fingerprint density at radius 2 is 1.76 bits per heavy atom. The van der Waals surface area contributed by atoms with Gasteiger partial charge in [-0.3, -0.25) is 0 Å². The summed E-state index contributed by atoms with van der Waals surface area (Å²) in [4.78, 5) is 2.76. The van der Waals surface area contributed by atoms with Crippen molar-refractivity contribution in [3.63, 3.8) is 0 Å². The van der Waals surface area contributed by atoms with Gasteiger partial charge < -0.3 is 4.90 Å². The molecule has 25 heavy (non-hydrogen) atoms. The van der Waals surface area contributed by atoms with Crippen LogP contribution in [0.1, 0.15) is 65.5 Å². The third kappa shape index (κ3) is 6.72. The van der Waals surface area contributed by atoms with Crippen LogP contribution >= 0.6 is 0 Å². The van der Waals surface area contributed by atoms with Gasteiger partial charge in [-0.25, -0.2) is 13.1 Å². The zero-order valence-electron chi connectivity index (χ0n) is 17.0. The molecule has 0 spiro atoms. The highest BCUT2D eigenvalue weighted by Gasteiger charge is 2.22. The van der Waals surface area contributed by atoms with Gasteiger partial charge in [0.1, 0.15) is 0 Å². The summed E-state index contributed by atoms with van der Waals surface area (Å²) in [5.41, 5.74) is 1.75. The van der Waals surface area contributed by atoms with E-state index >= 15 is 0 Å². The maximum atomic E-state index is 12.8. The summed E-state index contributed by atoms with van der Waals surface area (Å²) in [5, 5.41) is 0. The summed E-state index contributed by atoms with van der Waals surface area (Å²) in [6.07, 6.45) is 1.83. The van der Waals surface area contributed by atoms with Crippen molar-refractivity contribution in [2.75, 3.05) is 19.6 Å². The van der Waals surface area contributed by atoms with Crippen molar-refractivity contribution < 1.29 is 8.42 Å². The van der Waals surface area contributed by atoms with Gasteiger partial charge in [0.25, 0.3) is 0 Å². The molecule has 0 unspecified atom stereocenters. The van der Waals surface area contributed by atoms with E-state index in [0.717, 1.165) is 43.6 Å². The number of rotatable bonds is 9. The lowest BCUT2D eigenvalue weighted by Gasteiger charge is -2.22. The molecule has 0 aromatic heterocycles. The quantitative estimate of drug-likeness (QED) is 0.714. The van der Waals surface area contributed by atoms with Crippen LogP contribution in [0.15, 0.2) is 23.1 Å². The summed E-state index contributed by atoms with van der Waals surface area (Å²) in [6, 6.07) is 5.67. The van der Waals surface area contributed by atoms with Crippen LogP contribution in [-0.2, 0) is 15.4 Å². The predicted molar refractivity (Wildman–Crippen MR) is 107 cm³/mol. The molecule has 0 saturated carbocycles. The summed E-state index contributed by atoms with van der Waals surface area (Å²) in [6.45, 7) is 17.5. The van der Waals surface area contributed by atoms with Crippen LogP contribution in [0.2, 0.25) is 0 Å². The van der Waals surface area contributed by atoms with E-state index in [9.17, 15) is 8.42 Å². The zero-order valence-corrected chi connectivity index (χ0v) is 17.8. The number of hydrogen-bond donors (Lipinski definition) is 1. The molecular weight excluding hydrogens is 332 g/mol. The molecule has 1 atom stereocenters. The first-order chi connectivity index (χ1) is 11.5. The van der Waals surface area contributed by atoms with Gasteiger partial charge in [-0.2, -0.15) is 0 Å². The highest BCUT2D eigenvalue weighted by Crippen LogP contribution is 2.26. The molecule has 0 saturated heterocycles. The number of hydrogen-bond acceptors (Lipinski definition) is 3. The van der Waals surface area contributed by atoms with Crippen molar-refractivity contribution in [2.24, 2.45) is 0 Å². The van der Waals surface area contributed by atoms with Crippen LogP contribution in [0.25, 0.3) is 0 Å². The number of nitrogens with one attached hydrogen (secondary N) is 1. The van der Waals surface area contributed by atoms with Crippen LogP contribution in [0, 0.1) is 6.92 Å². The molecule has 5 heteroatoms. The average Bonchev–Trinajstić information content (AvgIpc) is 2.50. The van der Waals surface area contributed by atoms with Gasteiger partial charge in [-0.15, -0.1) is 0 Å². The van der Waals surface area contributed by atoms with Gasteiger partial charge in [0.05, 0.1) is 4.90 Å². The monoisotopic (exact) mass is 368 g/mol. The van der Waals surface area contributed by atoms with Crippen LogP contribution in [0.5, 0.6) is 0 Å². The molecule has 0 amide bonds. The number of benzene rings is 1. The Balaban J connectivity index is 2.81. The van der Waals surface area contributed by atoms with Crippen LogP contribution in [0.4, 0.5) is 0 Å². The van der Waals surface area contributed by atoms with Crippen LogP contribution < -0.4 is 4.72 Å². The van der Waals surface area contributed by atoms with Crippen molar-refractivity contribution in [3.8, 4) is 0 Å². The standard InChI is InChI=1S/C20H36N2O2S/c1-8-22(9-2)14-10-11-17(4)21-25(23,24)19-15-18(20(5,6)7)13-12-16(19)3/h12-13,15,17,21H,8-11,14H2,1-7H3/t17-/m0/s1. The van der Waals surface area contributed by atoms with E-state index in [4.69, 9.17) is 0 Å². The Hall–Kier alpha value is -0.910. The third-order valence-electron chi connectivity index (χ3n) is 4.71. The van der Waals surface area contributed by atoms with Crippen LogP contribution in [-0.4, -0.2) is 39.0 Å². The van der Waals surface area contributed by atoms with Gasteiger partial charge in [-0.05, 0) is 68.9 Å². The highest BCUT2D eigenvalue weighted by molar-refractivity contribution is 7.89. The molecular formula is C20H36N2O2S. The first-order valence-corrected chi connectivity index (χ1v) is 10.8. The molecule has 0 aliphatic carbocycles. The summed E-state index contributed by atoms with van der Waals surface area (Å²) in [7, 11) is -3.50. The number of aryl methyl sites for hydroxylation is 1.